The molecule has 4 nitrogen and oxygen atoms in total. The van der Waals surface area contributed by atoms with Crippen LogP contribution in [0.2, 0.25) is 5.02 Å². The van der Waals surface area contributed by atoms with Gasteiger partial charge < -0.3 is 14.2 Å². The van der Waals surface area contributed by atoms with Crippen LogP contribution in [0.4, 0.5) is 0 Å². The molecule has 0 saturated heterocycles. The van der Waals surface area contributed by atoms with Gasteiger partial charge in [-0.05, 0) is 35.4 Å². The van der Waals surface area contributed by atoms with Crippen molar-refractivity contribution < 1.29 is 14.2 Å². The summed E-state index contributed by atoms with van der Waals surface area (Å²) in [5.74, 6) is 1.43. The first-order valence-electron chi connectivity index (χ1n) is 8.03. The lowest BCUT2D eigenvalue weighted by atomic mass is 10.0. The summed E-state index contributed by atoms with van der Waals surface area (Å²) in [5, 5.41) is 12.8. The monoisotopic (exact) mass is 383 g/mol. The van der Waals surface area contributed by atoms with Crippen LogP contribution in [0.1, 0.15) is 11.1 Å². The molecule has 6 heteroatoms. The maximum Gasteiger partial charge on any atom is 0.192 e. The highest BCUT2D eigenvalue weighted by Gasteiger charge is 2.18. The number of benzene rings is 2. The molecule has 0 radical (unpaired) electrons. The van der Waals surface area contributed by atoms with E-state index in [1.54, 1.807) is 0 Å². The second-order valence-corrected chi connectivity index (χ2v) is 6.98. The Hall–Kier alpha value is -2.68. The summed E-state index contributed by atoms with van der Waals surface area (Å²) < 4.78 is 17.0. The highest BCUT2D eigenvalue weighted by Crippen LogP contribution is 2.40. The van der Waals surface area contributed by atoms with Crippen molar-refractivity contribution in [2.75, 3.05) is 13.2 Å². The first-order valence-corrected chi connectivity index (χ1v) is 9.29. The first-order chi connectivity index (χ1) is 12.7. The van der Waals surface area contributed by atoms with Crippen molar-refractivity contribution in [1.29, 1.82) is 5.26 Å². The third-order valence-corrected chi connectivity index (χ3v) is 5.11. The molecule has 1 aliphatic heterocycles. The molecule has 0 bridgehead atoms. The molecule has 0 fully saturated rings. The predicted octanol–water partition coefficient (Wildman–Crippen LogP) is 5.29. The molecule has 0 unspecified atom stereocenters. The second-order valence-electron chi connectivity index (χ2n) is 5.70. The Balaban J connectivity index is 1.60. The van der Waals surface area contributed by atoms with Gasteiger partial charge in [0.1, 0.15) is 31.5 Å². The third-order valence-electron chi connectivity index (χ3n) is 3.98. The smallest absolute Gasteiger partial charge is 0.192 e. The van der Waals surface area contributed by atoms with E-state index in [0.29, 0.717) is 41.2 Å². The van der Waals surface area contributed by atoms with E-state index in [1.165, 1.54) is 11.3 Å². The molecule has 0 saturated carbocycles. The van der Waals surface area contributed by atoms with Crippen molar-refractivity contribution in [3.05, 3.63) is 64.0 Å². The fourth-order valence-electron chi connectivity index (χ4n) is 2.75. The van der Waals surface area contributed by atoms with Crippen molar-refractivity contribution >= 4 is 22.9 Å². The second kappa shape index (κ2) is 7.28. The number of rotatable bonds is 4. The lowest BCUT2D eigenvalue weighted by Crippen LogP contribution is -2.15. The van der Waals surface area contributed by atoms with E-state index in [4.69, 9.17) is 25.8 Å². The van der Waals surface area contributed by atoms with Gasteiger partial charge in [0, 0.05) is 16.0 Å². The Bertz CT molecular complexity index is 993. The summed E-state index contributed by atoms with van der Waals surface area (Å²) in [7, 11) is 0. The van der Waals surface area contributed by atoms with Gasteiger partial charge in [0.2, 0.25) is 0 Å². The van der Waals surface area contributed by atoms with E-state index in [1.807, 2.05) is 47.8 Å². The van der Waals surface area contributed by atoms with Gasteiger partial charge in [-0.25, -0.2) is 0 Å². The van der Waals surface area contributed by atoms with Gasteiger partial charge in [0.25, 0.3) is 0 Å². The zero-order chi connectivity index (χ0) is 17.9. The molecule has 1 aromatic heterocycles. The maximum absolute atomic E-state index is 9.63. The number of ether oxygens (including phenoxy) is 3. The summed E-state index contributed by atoms with van der Waals surface area (Å²) in [6.45, 7) is 1.44. The van der Waals surface area contributed by atoms with Crippen LogP contribution in [0.25, 0.3) is 11.1 Å². The molecule has 3 aromatic rings. The number of thiophene rings is 1. The van der Waals surface area contributed by atoms with Gasteiger partial charge in [-0.2, -0.15) is 5.26 Å². The average Bonchev–Trinajstić information content (AvgIpc) is 3.09. The van der Waals surface area contributed by atoms with E-state index in [9.17, 15) is 5.26 Å². The largest absolute Gasteiger partial charge is 0.486 e. The fourth-order valence-corrected chi connectivity index (χ4v) is 3.84. The van der Waals surface area contributed by atoms with E-state index < -0.39 is 0 Å². The van der Waals surface area contributed by atoms with E-state index in [-0.39, 0.29) is 0 Å². The van der Waals surface area contributed by atoms with Gasteiger partial charge in [-0.1, -0.05) is 29.8 Å². The van der Waals surface area contributed by atoms with E-state index in [0.717, 1.165) is 22.4 Å². The van der Waals surface area contributed by atoms with Crippen molar-refractivity contribution in [2.45, 2.75) is 6.61 Å². The molecule has 0 atom stereocenters. The Kier molecular flexibility index (Phi) is 4.70. The predicted molar refractivity (Wildman–Crippen MR) is 101 cm³/mol. The minimum atomic E-state index is 0.357. The van der Waals surface area contributed by atoms with Crippen molar-refractivity contribution in [1.82, 2.24) is 0 Å². The molecule has 26 heavy (non-hydrogen) atoms. The minimum absolute atomic E-state index is 0.357. The maximum atomic E-state index is 9.63. The zero-order valence-corrected chi connectivity index (χ0v) is 15.3. The summed E-state index contributed by atoms with van der Waals surface area (Å²) in [5.41, 5.74) is 3.21. The van der Waals surface area contributed by atoms with Crippen molar-refractivity contribution in [3.8, 4) is 33.8 Å². The van der Waals surface area contributed by atoms with Crippen LogP contribution in [0, 0.1) is 11.3 Å². The van der Waals surface area contributed by atoms with Gasteiger partial charge in [0.05, 0.1) is 0 Å². The molecule has 4 rings (SSSR count). The summed E-state index contributed by atoms with van der Waals surface area (Å²) in [4.78, 5) is 0. The van der Waals surface area contributed by atoms with Crippen LogP contribution in [-0.4, -0.2) is 13.2 Å². The standard InChI is InChI=1S/C20H14ClNO3S/c21-15-3-1-2-13(8-15)11-25-20-16(10-22)17(12-26-20)14-4-5-18-19(9-14)24-7-6-23-18/h1-5,8-9,12H,6-7,11H2. The summed E-state index contributed by atoms with van der Waals surface area (Å²) >= 11 is 7.41. The molecule has 2 heterocycles. The van der Waals surface area contributed by atoms with E-state index >= 15 is 0 Å². The highest BCUT2D eigenvalue weighted by atomic mass is 35.5. The first kappa shape index (κ1) is 16.8. The molecule has 2 aromatic carbocycles. The van der Waals surface area contributed by atoms with Crippen LogP contribution < -0.4 is 14.2 Å². The zero-order valence-electron chi connectivity index (χ0n) is 13.7. The topological polar surface area (TPSA) is 51.5 Å². The Morgan fingerprint density at radius 3 is 2.77 bits per heavy atom. The Labute approximate surface area is 160 Å². The number of halogens is 1. The molecule has 0 amide bonds. The van der Waals surface area contributed by atoms with Gasteiger partial charge in [-0.3, -0.25) is 0 Å². The minimum Gasteiger partial charge on any atom is -0.486 e. The number of nitrogens with zero attached hydrogens (tertiary/aromatic N) is 1. The van der Waals surface area contributed by atoms with Crippen LogP contribution in [-0.2, 0) is 6.61 Å². The Morgan fingerprint density at radius 1 is 1.12 bits per heavy atom. The number of hydrogen-bond acceptors (Lipinski definition) is 5. The molecular formula is C20H14ClNO3S. The fraction of sp³-hybridized carbons (Fsp3) is 0.150. The van der Waals surface area contributed by atoms with Crippen LogP contribution in [0.5, 0.6) is 16.6 Å². The number of nitriles is 1. The molecule has 130 valence electrons. The molecule has 1 aliphatic rings. The normalized spacial score (nSPS) is 12.5. The number of hydrogen-bond donors (Lipinski definition) is 0. The summed E-state index contributed by atoms with van der Waals surface area (Å²) in [6.07, 6.45) is 0. The quantitative estimate of drug-likeness (QED) is 0.614. The summed E-state index contributed by atoms with van der Waals surface area (Å²) in [6, 6.07) is 15.4. The Morgan fingerprint density at radius 2 is 1.96 bits per heavy atom. The van der Waals surface area contributed by atoms with E-state index in [2.05, 4.69) is 6.07 Å². The number of fused-ring (bicyclic) bond motifs is 1. The molecule has 0 aliphatic carbocycles. The van der Waals surface area contributed by atoms with Crippen LogP contribution >= 0.6 is 22.9 Å². The third kappa shape index (κ3) is 3.34. The average molecular weight is 384 g/mol. The lowest BCUT2D eigenvalue weighted by Gasteiger charge is -2.18. The van der Waals surface area contributed by atoms with Crippen LogP contribution in [0.3, 0.4) is 0 Å². The molecular weight excluding hydrogens is 370 g/mol. The van der Waals surface area contributed by atoms with Gasteiger partial charge >= 0.3 is 0 Å². The molecule has 0 spiro atoms. The molecule has 0 N–H and O–H groups in total. The van der Waals surface area contributed by atoms with Crippen molar-refractivity contribution in [3.63, 3.8) is 0 Å². The van der Waals surface area contributed by atoms with Gasteiger partial charge in [0.15, 0.2) is 16.6 Å². The van der Waals surface area contributed by atoms with Gasteiger partial charge in [-0.15, -0.1) is 11.3 Å². The lowest BCUT2D eigenvalue weighted by molar-refractivity contribution is 0.171. The SMILES string of the molecule is N#Cc1c(-c2ccc3c(c2)OCCO3)csc1OCc1cccc(Cl)c1. The van der Waals surface area contributed by atoms with Crippen LogP contribution in [0.15, 0.2) is 47.8 Å². The highest BCUT2D eigenvalue weighted by molar-refractivity contribution is 7.12. The van der Waals surface area contributed by atoms with Crippen molar-refractivity contribution in [2.24, 2.45) is 0 Å².